The number of nitrogens with one attached hydrogen (secondary N) is 2. The Balaban J connectivity index is 2.20. The van der Waals surface area contributed by atoms with Gasteiger partial charge in [-0.25, -0.2) is 13.1 Å². The predicted octanol–water partition coefficient (Wildman–Crippen LogP) is 0.902. The van der Waals surface area contributed by atoms with Crippen LogP contribution in [-0.2, 0) is 10.0 Å². The topological polar surface area (TPSA) is 76.7 Å². The molecular weight excluding hydrogens is 292 g/mol. The molecule has 1 aromatic rings. The lowest BCUT2D eigenvalue weighted by Crippen LogP contribution is -2.30. The minimum atomic E-state index is -3.65. The molecule has 0 aliphatic carbocycles. The largest absolute Gasteiger partial charge is 0.497 e. The van der Waals surface area contributed by atoms with Crippen LogP contribution in [0.2, 0.25) is 0 Å². The van der Waals surface area contributed by atoms with Gasteiger partial charge in [-0.05, 0) is 25.1 Å². The lowest BCUT2D eigenvalue weighted by atomic mass is 10.1. The summed E-state index contributed by atoms with van der Waals surface area (Å²) in [5.74, 6) is 0.764. The van der Waals surface area contributed by atoms with Crippen LogP contribution >= 0.6 is 0 Å². The second-order valence-electron chi connectivity index (χ2n) is 4.66. The van der Waals surface area contributed by atoms with E-state index < -0.39 is 10.0 Å². The van der Waals surface area contributed by atoms with Crippen molar-refractivity contribution in [2.24, 2.45) is 0 Å². The van der Waals surface area contributed by atoms with Crippen molar-refractivity contribution in [1.29, 1.82) is 0 Å². The molecule has 2 rings (SSSR count). The van der Waals surface area contributed by atoms with Crippen molar-refractivity contribution in [3.05, 3.63) is 29.8 Å². The molecule has 0 atom stereocenters. The van der Waals surface area contributed by atoms with E-state index >= 15 is 0 Å². The van der Waals surface area contributed by atoms with Crippen LogP contribution in [0.3, 0.4) is 0 Å². The van der Waals surface area contributed by atoms with Gasteiger partial charge in [0.15, 0.2) is 0 Å². The van der Waals surface area contributed by atoms with E-state index in [0.29, 0.717) is 18.0 Å². The fourth-order valence-electron chi connectivity index (χ4n) is 2.09. The van der Waals surface area contributed by atoms with E-state index in [9.17, 15) is 8.42 Å². The van der Waals surface area contributed by atoms with Gasteiger partial charge in [-0.3, -0.25) is 0 Å². The monoisotopic (exact) mass is 312 g/mol. The van der Waals surface area contributed by atoms with Gasteiger partial charge in [0.1, 0.15) is 16.4 Å². The molecule has 0 spiro atoms. The van der Waals surface area contributed by atoms with Crippen LogP contribution in [-0.4, -0.2) is 42.3 Å². The molecule has 1 aliphatic heterocycles. The maximum atomic E-state index is 12.4. The number of benzene rings is 1. The van der Waals surface area contributed by atoms with Crippen LogP contribution in [0.25, 0.3) is 0 Å². The van der Waals surface area contributed by atoms with Gasteiger partial charge in [0.2, 0.25) is 10.0 Å². The van der Waals surface area contributed by atoms with Crippen LogP contribution in [0.1, 0.15) is 6.42 Å². The van der Waals surface area contributed by atoms with Crippen molar-refractivity contribution >= 4 is 10.0 Å². The second-order valence-corrected chi connectivity index (χ2v) is 6.39. The van der Waals surface area contributed by atoms with Crippen molar-refractivity contribution in [3.63, 3.8) is 0 Å². The smallest absolute Gasteiger partial charge is 0.244 e. The number of sulfonamides is 1. The number of methoxy groups -OCH3 is 2. The molecule has 21 heavy (non-hydrogen) atoms. The number of hydrogen-bond acceptors (Lipinski definition) is 5. The molecular formula is C14H20N2O4S. The van der Waals surface area contributed by atoms with Gasteiger partial charge < -0.3 is 14.8 Å². The number of rotatable bonds is 6. The minimum Gasteiger partial charge on any atom is -0.497 e. The predicted molar refractivity (Wildman–Crippen MR) is 80.3 cm³/mol. The molecule has 0 aromatic heterocycles. The molecule has 116 valence electrons. The second kappa shape index (κ2) is 6.93. The van der Waals surface area contributed by atoms with E-state index in [1.54, 1.807) is 12.1 Å². The number of ether oxygens (including phenoxy) is 2. The summed E-state index contributed by atoms with van der Waals surface area (Å²) in [6, 6.07) is 4.70. The molecule has 6 nitrogen and oxygen atoms in total. The van der Waals surface area contributed by atoms with Gasteiger partial charge in [0.05, 0.1) is 14.2 Å². The summed E-state index contributed by atoms with van der Waals surface area (Å²) in [5, 5.41) is 3.19. The van der Waals surface area contributed by atoms with Gasteiger partial charge >= 0.3 is 0 Å². The van der Waals surface area contributed by atoms with Crippen LogP contribution in [0.15, 0.2) is 34.7 Å². The normalized spacial score (nSPS) is 15.4. The van der Waals surface area contributed by atoms with Gasteiger partial charge in [-0.1, -0.05) is 11.6 Å². The fourth-order valence-corrected chi connectivity index (χ4v) is 3.31. The van der Waals surface area contributed by atoms with Crippen molar-refractivity contribution in [2.75, 3.05) is 33.9 Å². The lowest BCUT2D eigenvalue weighted by molar-refractivity contribution is 0.392. The van der Waals surface area contributed by atoms with Crippen LogP contribution in [0.4, 0.5) is 0 Å². The molecule has 2 N–H and O–H groups in total. The summed E-state index contributed by atoms with van der Waals surface area (Å²) in [6.45, 7) is 1.96. The van der Waals surface area contributed by atoms with Crippen LogP contribution in [0.5, 0.6) is 11.5 Å². The standard InChI is InChI=1S/C14H20N2O4S/c1-19-12-3-4-13(20-2)14(9-12)21(17,18)16-10-11-5-7-15-8-6-11/h3-5,9,15-16H,6-8,10H2,1-2H3. The molecule has 0 unspecified atom stereocenters. The summed E-state index contributed by atoms with van der Waals surface area (Å²) in [5.41, 5.74) is 1.08. The van der Waals surface area contributed by atoms with Crippen LogP contribution < -0.4 is 19.5 Å². The highest BCUT2D eigenvalue weighted by atomic mass is 32.2. The highest BCUT2D eigenvalue weighted by Gasteiger charge is 2.20. The van der Waals surface area contributed by atoms with Crippen molar-refractivity contribution < 1.29 is 17.9 Å². The first-order chi connectivity index (χ1) is 10.1. The first-order valence-corrected chi connectivity index (χ1v) is 8.15. The Morgan fingerprint density at radius 2 is 2.10 bits per heavy atom. The summed E-state index contributed by atoms with van der Waals surface area (Å²) in [4.78, 5) is 0.0823. The molecule has 7 heteroatoms. The maximum Gasteiger partial charge on any atom is 0.244 e. The first kappa shape index (κ1) is 15.8. The zero-order valence-electron chi connectivity index (χ0n) is 12.2. The fraction of sp³-hybridized carbons (Fsp3) is 0.429. The van der Waals surface area contributed by atoms with Gasteiger partial charge in [0, 0.05) is 19.2 Å². The first-order valence-electron chi connectivity index (χ1n) is 6.67. The molecule has 1 heterocycles. The Hall–Kier alpha value is -1.57. The molecule has 1 aromatic carbocycles. The molecule has 1 aliphatic rings. The molecule has 0 saturated heterocycles. The maximum absolute atomic E-state index is 12.4. The number of hydrogen-bond donors (Lipinski definition) is 2. The van der Waals surface area contributed by atoms with Gasteiger partial charge in [0.25, 0.3) is 0 Å². The SMILES string of the molecule is COc1ccc(OC)c(S(=O)(=O)NCC2=CCNCC2)c1. The lowest BCUT2D eigenvalue weighted by Gasteiger charge is -2.16. The molecule has 0 amide bonds. The average molecular weight is 312 g/mol. The van der Waals surface area contributed by atoms with Crippen molar-refractivity contribution in [1.82, 2.24) is 10.0 Å². The van der Waals surface area contributed by atoms with E-state index in [0.717, 1.165) is 25.1 Å². The quantitative estimate of drug-likeness (QED) is 0.763. The summed E-state index contributed by atoms with van der Waals surface area (Å²) >= 11 is 0. The molecule has 0 fully saturated rings. The Kier molecular flexibility index (Phi) is 5.22. The summed E-state index contributed by atoms with van der Waals surface area (Å²) in [6.07, 6.45) is 2.85. The highest BCUT2D eigenvalue weighted by Crippen LogP contribution is 2.28. The van der Waals surface area contributed by atoms with E-state index in [1.807, 2.05) is 6.08 Å². The van der Waals surface area contributed by atoms with Gasteiger partial charge in [-0.2, -0.15) is 0 Å². The summed E-state index contributed by atoms with van der Waals surface area (Å²) < 4.78 is 37.7. The Bertz CT molecular complexity index is 626. The highest BCUT2D eigenvalue weighted by molar-refractivity contribution is 7.89. The minimum absolute atomic E-state index is 0.0823. The average Bonchev–Trinajstić information content (AvgIpc) is 2.53. The van der Waals surface area contributed by atoms with Gasteiger partial charge in [-0.15, -0.1) is 0 Å². The zero-order valence-corrected chi connectivity index (χ0v) is 13.0. The Morgan fingerprint density at radius 3 is 2.71 bits per heavy atom. The van der Waals surface area contributed by atoms with E-state index in [2.05, 4.69) is 10.0 Å². The van der Waals surface area contributed by atoms with Crippen molar-refractivity contribution in [3.8, 4) is 11.5 Å². The third kappa shape index (κ3) is 3.96. The van der Waals surface area contributed by atoms with E-state index in [-0.39, 0.29) is 4.90 Å². The van der Waals surface area contributed by atoms with Crippen LogP contribution in [0, 0.1) is 0 Å². The Labute approximate surface area is 125 Å². The molecule has 0 saturated carbocycles. The molecule has 0 bridgehead atoms. The van der Waals surface area contributed by atoms with Crippen molar-refractivity contribution in [2.45, 2.75) is 11.3 Å². The zero-order chi connectivity index (χ0) is 15.3. The Morgan fingerprint density at radius 1 is 1.29 bits per heavy atom. The van der Waals surface area contributed by atoms with E-state index in [4.69, 9.17) is 9.47 Å². The molecule has 0 radical (unpaired) electrons. The third-order valence-corrected chi connectivity index (χ3v) is 4.73. The third-order valence-electron chi connectivity index (χ3n) is 3.31. The van der Waals surface area contributed by atoms with E-state index in [1.165, 1.54) is 20.3 Å². The summed E-state index contributed by atoms with van der Waals surface area (Å²) in [7, 11) is -0.719.